The zero-order valence-corrected chi connectivity index (χ0v) is 12.1. The lowest BCUT2D eigenvalue weighted by molar-refractivity contribution is -0.134. The predicted molar refractivity (Wildman–Crippen MR) is 74.5 cm³/mol. The smallest absolute Gasteiger partial charge is 0.236 e. The van der Waals surface area contributed by atoms with Gasteiger partial charge in [0.15, 0.2) is 0 Å². The lowest BCUT2D eigenvalue weighted by Crippen LogP contribution is -2.51. The van der Waals surface area contributed by atoms with Crippen LogP contribution in [0.5, 0.6) is 0 Å². The van der Waals surface area contributed by atoms with Crippen molar-refractivity contribution in [2.24, 2.45) is 5.73 Å². The molecule has 2 N–H and O–H groups in total. The number of nitrogens with two attached hydrogens (primary N) is 1. The monoisotopic (exact) mass is 256 g/mol. The summed E-state index contributed by atoms with van der Waals surface area (Å²) >= 11 is 0. The van der Waals surface area contributed by atoms with Crippen molar-refractivity contribution in [1.82, 2.24) is 14.7 Å². The maximum atomic E-state index is 12.2. The van der Waals surface area contributed by atoms with Crippen LogP contribution in [-0.4, -0.2) is 79.5 Å². The molecule has 1 aliphatic heterocycles. The van der Waals surface area contributed by atoms with E-state index in [0.717, 1.165) is 39.1 Å². The van der Waals surface area contributed by atoms with Crippen molar-refractivity contribution < 1.29 is 4.79 Å². The Hall–Kier alpha value is -0.650. The standard InChI is InChI=1S/C13H28N4O/c1-12(2)17(6-4-5-14)11-13(18)16-9-7-15(3)8-10-16/h12H,4-11,14H2,1-3H3. The molecule has 0 aromatic heterocycles. The minimum absolute atomic E-state index is 0.258. The van der Waals surface area contributed by atoms with Gasteiger partial charge in [0.1, 0.15) is 0 Å². The van der Waals surface area contributed by atoms with Crippen molar-refractivity contribution in [3.05, 3.63) is 0 Å². The molecule has 1 fully saturated rings. The summed E-state index contributed by atoms with van der Waals surface area (Å²) in [5.74, 6) is 0.258. The lowest BCUT2D eigenvalue weighted by Gasteiger charge is -2.34. The van der Waals surface area contributed by atoms with E-state index in [1.54, 1.807) is 0 Å². The number of amides is 1. The minimum Gasteiger partial charge on any atom is -0.339 e. The number of hydrogen-bond donors (Lipinski definition) is 1. The van der Waals surface area contributed by atoms with E-state index in [1.165, 1.54) is 0 Å². The molecular formula is C13H28N4O. The zero-order chi connectivity index (χ0) is 13.5. The highest BCUT2D eigenvalue weighted by atomic mass is 16.2. The van der Waals surface area contributed by atoms with Crippen LogP contribution in [-0.2, 0) is 4.79 Å². The fourth-order valence-electron chi connectivity index (χ4n) is 2.14. The second-order valence-corrected chi connectivity index (χ2v) is 5.39. The van der Waals surface area contributed by atoms with Gasteiger partial charge < -0.3 is 15.5 Å². The molecule has 0 spiro atoms. The number of piperazine rings is 1. The summed E-state index contributed by atoms with van der Waals surface area (Å²) in [5.41, 5.74) is 5.54. The Morgan fingerprint density at radius 1 is 1.28 bits per heavy atom. The fourth-order valence-corrected chi connectivity index (χ4v) is 2.14. The van der Waals surface area contributed by atoms with Gasteiger partial charge in [-0.1, -0.05) is 0 Å². The van der Waals surface area contributed by atoms with Crippen LogP contribution < -0.4 is 5.73 Å². The third-order valence-electron chi connectivity index (χ3n) is 3.57. The molecule has 0 bridgehead atoms. The molecule has 1 aliphatic rings. The van der Waals surface area contributed by atoms with Crippen molar-refractivity contribution in [1.29, 1.82) is 0 Å². The number of rotatable bonds is 6. The Kier molecular flexibility index (Phi) is 6.60. The second kappa shape index (κ2) is 7.71. The van der Waals surface area contributed by atoms with E-state index in [4.69, 9.17) is 5.73 Å². The van der Waals surface area contributed by atoms with Crippen molar-refractivity contribution in [3.8, 4) is 0 Å². The van der Waals surface area contributed by atoms with Crippen LogP contribution in [0.1, 0.15) is 20.3 Å². The lowest BCUT2D eigenvalue weighted by atomic mass is 10.2. The Morgan fingerprint density at radius 3 is 2.39 bits per heavy atom. The number of hydrogen-bond acceptors (Lipinski definition) is 4. The van der Waals surface area contributed by atoms with Crippen molar-refractivity contribution in [2.75, 3.05) is 52.9 Å². The molecule has 0 radical (unpaired) electrons. The number of nitrogens with zero attached hydrogens (tertiary/aromatic N) is 3. The Bertz CT molecular complexity index is 249. The largest absolute Gasteiger partial charge is 0.339 e. The maximum Gasteiger partial charge on any atom is 0.236 e. The van der Waals surface area contributed by atoms with Gasteiger partial charge >= 0.3 is 0 Å². The van der Waals surface area contributed by atoms with Gasteiger partial charge in [0.2, 0.25) is 5.91 Å². The predicted octanol–water partition coefficient (Wildman–Crippen LogP) is -0.180. The van der Waals surface area contributed by atoms with Gasteiger partial charge in [-0.15, -0.1) is 0 Å². The topological polar surface area (TPSA) is 52.8 Å². The van der Waals surface area contributed by atoms with Crippen LogP contribution in [0.3, 0.4) is 0 Å². The Balaban J connectivity index is 2.40. The molecule has 0 saturated carbocycles. The van der Waals surface area contributed by atoms with E-state index in [-0.39, 0.29) is 5.91 Å². The van der Waals surface area contributed by atoms with Crippen LogP contribution >= 0.6 is 0 Å². The fraction of sp³-hybridized carbons (Fsp3) is 0.923. The SMILES string of the molecule is CC(C)N(CCCN)CC(=O)N1CCN(C)CC1. The van der Waals surface area contributed by atoms with E-state index in [2.05, 4.69) is 30.7 Å². The molecule has 5 heteroatoms. The van der Waals surface area contributed by atoms with Crippen molar-refractivity contribution in [2.45, 2.75) is 26.3 Å². The molecule has 1 amide bonds. The third kappa shape index (κ3) is 4.92. The highest BCUT2D eigenvalue weighted by molar-refractivity contribution is 5.78. The zero-order valence-electron chi connectivity index (χ0n) is 12.1. The molecule has 0 unspecified atom stereocenters. The molecule has 0 atom stereocenters. The first-order chi connectivity index (χ1) is 8.54. The molecule has 0 aromatic carbocycles. The van der Waals surface area contributed by atoms with Crippen LogP contribution in [0.15, 0.2) is 0 Å². The van der Waals surface area contributed by atoms with Gasteiger partial charge in [0.25, 0.3) is 0 Å². The second-order valence-electron chi connectivity index (χ2n) is 5.39. The first-order valence-corrected chi connectivity index (χ1v) is 6.95. The quantitative estimate of drug-likeness (QED) is 0.716. The molecule has 1 saturated heterocycles. The van der Waals surface area contributed by atoms with Gasteiger partial charge in [-0.05, 0) is 33.9 Å². The van der Waals surface area contributed by atoms with Gasteiger partial charge in [0.05, 0.1) is 6.54 Å². The minimum atomic E-state index is 0.258. The normalized spacial score (nSPS) is 17.8. The van der Waals surface area contributed by atoms with Gasteiger partial charge in [-0.2, -0.15) is 0 Å². The van der Waals surface area contributed by atoms with E-state index in [1.807, 2.05) is 4.90 Å². The Morgan fingerprint density at radius 2 is 1.89 bits per heavy atom. The van der Waals surface area contributed by atoms with E-state index in [9.17, 15) is 4.79 Å². The van der Waals surface area contributed by atoms with Gasteiger partial charge in [0, 0.05) is 38.8 Å². The van der Waals surface area contributed by atoms with Crippen LogP contribution in [0.4, 0.5) is 0 Å². The summed E-state index contributed by atoms with van der Waals surface area (Å²) in [6.45, 7) is 10.1. The van der Waals surface area contributed by atoms with Crippen LogP contribution in [0.2, 0.25) is 0 Å². The molecule has 18 heavy (non-hydrogen) atoms. The first kappa shape index (κ1) is 15.4. The summed E-state index contributed by atoms with van der Waals surface area (Å²) in [5, 5.41) is 0. The molecular weight excluding hydrogens is 228 g/mol. The molecule has 0 aliphatic carbocycles. The third-order valence-corrected chi connectivity index (χ3v) is 3.57. The Labute approximate surface area is 111 Å². The molecule has 0 aromatic rings. The van der Waals surface area contributed by atoms with E-state index in [0.29, 0.717) is 19.1 Å². The van der Waals surface area contributed by atoms with E-state index < -0.39 is 0 Å². The van der Waals surface area contributed by atoms with Crippen LogP contribution in [0.25, 0.3) is 0 Å². The average molecular weight is 256 g/mol. The first-order valence-electron chi connectivity index (χ1n) is 6.95. The number of carbonyl (C=O) groups is 1. The number of carbonyl (C=O) groups excluding carboxylic acids is 1. The maximum absolute atomic E-state index is 12.2. The summed E-state index contributed by atoms with van der Waals surface area (Å²) in [7, 11) is 2.10. The molecule has 1 heterocycles. The summed E-state index contributed by atoms with van der Waals surface area (Å²) < 4.78 is 0. The molecule has 5 nitrogen and oxygen atoms in total. The molecule has 1 rings (SSSR count). The van der Waals surface area contributed by atoms with E-state index >= 15 is 0 Å². The number of likely N-dealkylation sites (N-methyl/N-ethyl adjacent to an activating group) is 1. The van der Waals surface area contributed by atoms with Crippen LogP contribution in [0, 0.1) is 0 Å². The van der Waals surface area contributed by atoms with Gasteiger partial charge in [-0.25, -0.2) is 0 Å². The highest BCUT2D eigenvalue weighted by Crippen LogP contribution is 2.04. The van der Waals surface area contributed by atoms with Crippen molar-refractivity contribution in [3.63, 3.8) is 0 Å². The summed E-state index contributed by atoms with van der Waals surface area (Å²) in [6.07, 6.45) is 0.953. The van der Waals surface area contributed by atoms with Gasteiger partial charge in [-0.3, -0.25) is 9.69 Å². The summed E-state index contributed by atoms with van der Waals surface area (Å²) in [6, 6.07) is 0.396. The highest BCUT2D eigenvalue weighted by Gasteiger charge is 2.21. The molecule has 106 valence electrons. The summed E-state index contributed by atoms with van der Waals surface area (Å²) in [4.78, 5) is 18.7. The van der Waals surface area contributed by atoms with Crippen molar-refractivity contribution >= 4 is 5.91 Å². The average Bonchev–Trinajstić information content (AvgIpc) is 2.34.